The Bertz CT molecular complexity index is 269. The Labute approximate surface area is 92.6 Å². The van der Waals surface area contributed by atoms with Crippen LogP contribution in [0.25, 0.3) is 0 Å². The minimum absolute atomic E-state index is 0.00162. The molecule has 0 amide bonds. The second kappa shape index (κ2) is 5.76. The van der Waals surface area contributed by atoms with Crippen molar-refractivity contribution in [2.75, 3.05) is 18.5 Å². The molecule has 0 aliphatic heterocycles. The van der Waals surface area contributed by atoms with E-state index in [1.807, 2.05) is 18.2 Å². The topological polar surface area (TPSA) is 21.3 Å². The molecule has 1 aromatic carbocycles. The van der Waals surface area contributed by atoms with Gasteiger partial charge in [-0.25, -0.2) is 0 Å². The number of nitrogens with one attached hydrogen (secondary N) is 1. The number of benzene rings is 1. The molecule has 0 saturated carbocycles. The molecule has 1 aromatic rings. The molecule has 1 N–H and O–H groups in total. The Morgan fingerprint density at radius 3 is 2.47 bits per heavy atom. The van der Waals surface area contributed by atoms with Gasteiger partial charge in [0, 0.05) is 12.2 Å². The van der Waals surface area contributed by atoms with Gasteiger partial charge in [-0.3, -0.25) is 0 Å². The van der Waals surface area contributed by atoms with Crippen LogP contribution in [0.15, 0.2) is 30.3 Å². The lowest BCUT2D eigenvalue weighted by Gasteiger charge is -2.23. The number of hydrogen-bond donors (Lipinski definition) is 1. The maximum absolute atomic E-state index is 5.74. The molecule has 15 heavy (non-hydrogen) atoms. The van der Waals surface area contributed by atoms with Gasteiger partial charge in [0.05, 0.1) is 12.2 Å². The van der Waals surface area contributed by atoms with Crippen LogP contribution in [0.3, 0.4) is 0 Å². The third-order valence-electron chi connectivity index (χ3n) is 2.55. The lowest BCUT2D eigenvalue weighted by Crippen LogP contribution is -2.26. The number of anilines is 1. The van der Waals surface area contributed by atoms with Crippen molar-refractivity contribution >= 4 is 5.69 Å². The van der Waals surface area contributed by atoms with Crippen LogP contribution in [-0.2, 0) is 4.74 Å². The molecule has 0 atom stereocenters. The summed E-state index contributed by atoms with van der Waals surface area (Å²) in [5.41, 5.74) is 1.15. The summed E-state index contributed by atoms with van der Waals surface area (Å²) < 4.78 is 5.74. The smallest absolute Gasteiger partial charge is 0.0646 e. The Morgan fingerprint density at radius 1 is 1.20 bits per heavy atom. The van der Waals surface area contributed by atoms with E-state index in [4.69, 9.17) is 4.74 Å². The maximum Gasteiger partial charge on any atom is 0.0646 e. The summed E-state index contributed by atoms with van der Waals surface area (Å²) >= 11 is 0. The second-order valence-corrected chi connectivity index (χ2v) is 4.25. The van der Waals surface area contributed by atoms with Crippen LogP contribution < -0.4 is 5.32 Å². The second-order valence-electron chi connectivity index (χ2n) is 4.25. The van der Waals surface area contributed by atoms with Crippen molar-refractivity contribution in [1.29, 1.82) is 0 Å². The van der Waals surface area contributed by atoms with E-state index in [1.165, 1.54) is 0 Å². The Balaban J connectivity index is 2.18. The average molecular weight is 207 g/mol. The fourth-order valence-corrected chi connectivity index (χ4v) is 1.18. The molecular formula is C13H21NO. The first-order chi connectivity index (χ1) is 7.14. The quantitative estimate of drug-likeness (QED) is 0.723. The third-order valence-corrected chi connectivity index (χ3v) is 2.55. The van der Waals surface area contributed by atoms with Crippen LogP contribution in [0.2, 0.25) is 0 Å². The van der Waals surface area contributed by atoms with Crippen LogP contribution in [0.5, 0.6) is 0 Å². The van der Waals surface area contributed by atoms with Crippen molar-refractivity contribution < 1.29 is 4.74 Å². The van der Waals surface area contributed by atoms with E-state index in [9.17, 15) is 0 Å². The lowest BCUT2D eigenvalue weighted by molar-refractivity contribution is -0.0142. The SMILES string of the molecule is CCC(C)(C)OCCNc1ccccc1. The van der Waals surface area contributed by atoms with Gasteiger partial charge in [0.1, 0.15) is 0 Å². The zero-order valence-corrected chi connectivity index (χ0v) is 9.92. The Hall–Kier alpha value is -1.02. The molecule has 0 bridgehead atoms. The van der Waals surface area contributed by atoms with Gasteiger partial charge in [-0.2, -0.15) is 0 Å². The van der Waals surface area contributed by atoms with Crippen molar-refractivity contribution in [3.63, 3.8) is 0 Å². The summed E-state index contributed by atoms with van der Waals surface area (Å²) in [6.07, 6.45) is 1.04. The fourth-order valence-electron chi connectivity index (χ4n) is 1.18. The highest BCUT2D eigenvalue weighted by Crippen LogP contribution is 2.13. The highest BCUT2D eigenvalue weighted by atomic mass is 16.5. The predicted molar refractivity (Wildman–Crippen MR) is 65.3 cm³/mol. The molecule has 0 unspecified atom stereocenters. The summed E-state index contributed by atoms with van der Waals surface area (Å²) in [6.45, 7) is 7.98. The van der Waals surface area contributed by atoms with Crippen LogP contribution >= 0.6 is 0 Å². The van der Waals surface area contributed by atoms with Gasteiger partial charge >= 0.3 is 0 Å². The standard InChI is InChI=1S/C13H21NO/c1-4-13(2,3)15-11-10-14-12-8-6-5-7-9-12/h5-9,14H,4,10-11H2,1-3H3. The van der Waals surface area contributed by atoms with Crippen LogP contribution in [0, 0.1) is 0 Å². The molecule has 0 radical (unpaired) electrons. The highest BCUT2D eigenvalue weighted by molar-refractivity contribution is 5.42. The van der Waals surface area contributed by atoms with Gasteiger partial charge < -0.3 is 10.1 Å². The number of rotatable bonds is 6. The first-order valence-electron chi connectivity index (χ1n) is 5.57. The summed E-state index contributed by atoms with van der Waals surface area (Å²) in [6, 6.07) is 10.2. The minimum atomic E-state index is -0.00162. The van der Waals surface area contributed by atoms with E-state index in [2.05, 4.69) is 38.2 Å². The van der Waals surface area contributed by atoms with E-state index in [-0.39, 0.29) is 5.60 Å². The molecule has 0 aliphatic rings. The molecule has 0 aliphatic carbocycles. The molecule has 84 valence electrons. The van der Waals surface area contributed by atoms with Crippen LogP contribution in [-0.4, -0.2) is 18.8 Å². The molecule has 0 fully saturated rings. The van der Waals surface area contributed by atoms with Crippen molar-refractivity contribution in [3.8, 4) is 0 Å². The lowest BCUT2D eigenvalue weighted by atomic mass is 10.1. The van der Waals surface area contributed by atoms with Crippen molar-refractivity contribution in [3.05, 3.63) is 30.3 Å². The molecule has 0 saturated heterocycles. The zero-order valence-electron chi connectivity index (χ0n) is 9.92. The van der Waals surface area contributed by atoms with Crippen LogP contribution in [0.1, 0.15) is 27.2 Å². The predicted octanol–water partition coefficient (Wildman–Crippen LogP) is 3.30. The summed E-state index contributed by atoms with van der Waals surface area (Å²) in [5, 5.41) is 3.32. The van der Waals surface area contributed by atoms with Gasteiger partial charge in [0.25, 0.3) is 0 Å². The Morgan fingerprint density at radius 2 is 1.87 bits per heavy atom. The maximum atomic E-state index is 5.74. The van der Waals surface area contributed by atoms with Crippen molar-refractivity contribution in [2.24, 2.45) is 0 Å². The van der Waals surface area contributed by atoms with E-state index in [1.54, 1.807) is 0 Å². The molecule has 0 aromatic heterocycles. The zero-order chi connectivity index (χ0) is 11.1. The normalized spacial score (nSPS) is 11.4. The van der Waals surface area contributed by atoms with Gasteiger partial charge in [-0.05, 0) is 32.4 Å². The molecule has 0 spiro atoms. The largest absolute Gasteiger partial charge is 0.383 e. The van der Waals surface area contributed by atoms with E-state index in [0.717, 1.165) is 25.3 Å². The molecule has 1 rings (SSSR count). The minimum Gasteiger partial charge on any atom is -0.383 e. The van der Waals surface area contributed by atoms with Crippen molar-refractivity contribution in [1.82, 2.24) is 0 Å². The molecule has 0 heterocycles. The summed E-state index contributed by atoms with van der Waals surface area (Å²) in [7, 11) is 0. The highest BCUT2D eigenvalue weighted by Gasteiger charge is 2.14. The van der Waals surface area contributed by atoms with E-state index < -0.39 is 0 Å². The first-order valence-corrected chi connectivity index (χ1v) is 5.57. The van der Waals surface area contributed by atoms with Gasteiger partial charge in [0.15, 0.2) is 0 Å². The van der Waals surface area contributed by atoms with Gasteiger partial charge in [-0.1, -0.05) is 25.1 Å². The monoisotopic (exact) mass is 207 g/mol. The number of hydrogen-bond acceptors (Lipinski definition) is 2. The average Bonchev–Trinajstić information content (AvgIpc) is 2.26. The van der Waals surface area contributed by atoms with Crippen molar-refractivity contribution in [2.45, 2.75) is 32.8 Å². The first kappa shape index (κ1) is 12.1. The van der Waals surface area contributed by atoms with Crippen LogP contribution in [0.4, 0.5) is 5.69 Å². The van der Waals surface area contributed by atoms with E-state index in [0.29, 0.717) is 0 Å². The molecule has 2 heteroatoms. The number of ether oxygens (including phenoxy) is 1. The third kappa shape index (κ3) is 4.84. The Kier molecular flexibility index (Phi) is 4.63. The summed E-state index contributed by atoms with van der Waals surface area (Å²) in [4.78, 5) is 0. The number of para-hydroxylation sites is 1. The molecular weight excluding hydrogens is 186 g/mol. The van der Waals surface area contributed by atoms with Gasteiger partial charge in [-0.15, -0.1) is 0 Å². The molecule has 2 nitrogen and oxygen atoms in total. The van der Waals surface area contributed by atoms with Gasteiger partial charge in [0.2, 0.25) is 0 Å². The van der Waals surface area contributed by atoms with E-state index >= 15 is 0 Å². The summed E-state index contributed by atoms with van der Waals surface area (Å²) in [5.74, 6) is 0. The fraction of sp³-hybridized carbons (Fsp3) is 0.538.